The van der Waals surface area contributed by atoms with Crippen LogP contribution in [0, 0.1) is 42.4 Å². The summed E-state index contributed by atoms with van der Waals surface area (Å²) in [6, 6.07) is 3.62. The molecule has 1 aliphatic heterocycles. The first-order chi connectivity index (χ1) is 11.0. The third-order valence-electron chi connectivity index (χ3n) is 6.21. The van der Waals surface area contributed by atoms with Gasteiger partial charge in [-0.1, -0.05) is 23.8 Å². The number of benzene rings is 1. The van der Waals surface area contributed by atoms with E-state index < -0.39 is 0 Å². The molecule has 1 heterocycles. The third-order valence-corrected chi connectivity index (χ3v) is 7.59. The van der Waals surface area contributed by atoms with Crippen molar-refractivity contribution in [3.05, 3.63) is 39.3 Å². The van der Waals surface area contributed by atoms with Gasteiger partial charge in [-0.05, 0) is 70.6 Å². The number of halogens is 2. The highest BCUT2D eigenvalue weighted by Crippen LogP contribution is 2.65. The minimum atomic E-state index is -0.164. The maximum atomic E-state index is 13.1. The van der Waals surface area contributed by atoms with Gasteiger partial charge in [0.1, 0.15) is 0 Å². The lowest BCUT2D eigenvalue weighted by Gasteiger charge is -2.37. The molecule has 0 spiro atoms. The molecule has 0 N–H and O–H groups in total. The second-order valence-corrected chi connectivity index (χ2v) is 8.40. The summed E-state index contributed by atoms with van der Waals surface area (Å²) in [5, 5.41) is 0.557. The van der Waals surface area contributed by atoms with Crippen LogP contribution in [0.4, 0.5) is 5.69 Å². The quantitative estimate of drug-likeness (QED) is 0.536. The van der Waals surface area contributed by atoms with Crippen LogP contribution in [0.15, 0.2) is 28.8 Å². The number of allylic oxidation sites excluding steroid dienone is 2. The topological polar surface area (TPSA) is 37.4 Å². The van der Waals surface area contributed by atoms with Crippen LogP contribution >= 0.6 is 27.5 Å². The SMILES string of the molecule is Cc1c(N2C(=O)C3C4C=CC(C5CC45)C3C2=O)ccc(Br)c1Cl. The zero-order valence-corrected chi connectivity index (χ0v) is 14.8. The summed E-state index contributed by atoms with van der Waals surface area (Å²) >= 11 is 9.69. The average molecular weight is 393 g/mol. The molecule has 1 saturated heterocycles. The normalized spacial score (nSPS) is 39.7. The Kier molecular flexibility index (Phi) is 2.77. The Labute approximate surface area is 147 Å². The van der Waals surface area contributed by atoms with Gasteiger partial charge in [-0.15, -0.1) is 0 Å². The van der Waals surface area contributed by atoms with E-state index in [-0.39, 0.29) is 35.5 Å². The first-order valence-corrected chi connectivity index (χ1v) is 9.18. The van der Waals surface area contributed by atoms with Crippen LogP contribution in [0.5, 0.6) is 0 Å². The van der Waals surface area contributed by atoms with Crippen LogP contribution in [-0.2, 0) is 9.59 Å². The Morgan fingerprint density at radius 1 is 1.09 bits per heavy atom. The Morgan fingerprint density at radius 3 is 2.22 bits per heavy atom. The molecule has 0 radical (unpaired) electrons. The number of hydrogen-bond acceptors (Lipinski definition) is 2. The zero-order valence-electron chi connectivity index (χ0n) is 12.5. The summed E-state index contributed by atoms with van der Waals surface area (Å²) in [4.78, 5) is 27.5. The number of nitrogens with zero attached hydrogens (tertiary/aromatic N) is 1. The summed E-state index contributed by atoms with van der Waals surface area (Å²) in [5.41, 5.74) is 1.41. The molecule has 2 amide bonds. The standard InChI is InChI=1S/C18H15BrClNO2/c1-7-13(5-4-12(19)16(7)20)21-17(22)14-8-2-3-9(11-6-10(8)11)15(14)18(21)23/h2-5,8-11,14-15H,6H2,1H3. The number of imide groups is 1. The Bertz CT molecular complexity index is 768. The van der Waals surface area contributed by atoms with Gasteiger partial charge in [-0.2, -0.15) is 0 Å². The van der Waals surface area contributed by atoms with Crippen LogP contribution in [0.25, 0.3) is 0 Å². The van der Waals surface area contributed by atoms with Crippen LogP contribution in [-0.4, -0.2) is 11.8 Å². The molecule has 5 aliphatic rings. The largest absolute Gasteiger partial charge is 0.274 e. The molecule has 118 valence electrons. The summed E-state index contributed by atoms with van der Waals surface area (Å²) in [7, 11) is 0. The Hall–Kier alpha value is -1.13. The van der Waals surface area contributed by atoms with Crippen LogP contribution in [0.2, 0.25) is 5.02 Å². The van der Waals surface area contributed by atoms with Gasteiger partial charge >= 0.3 is 0 Å². The number of carbonyl (C=O) groups excluding carboxylic acids is 2. The van der Waals surface area contributed by atoms with Gasteiger partial charge < -0.3 is 0 Å². The van der Waals surface area contributed by atoms with Gasteiger partial charge in [0.15, 0.2) is 0 Å². The Balaban J connectivity index is 1.61. The van der Waals surface area contributed by atoms with Crippen molar-refractivity contribution in [3.63, 3.8) is 0 Å². The number of carbonyl (C=O) groups is 2. The highest BCUT2D eigenvalue weighted by atomic mass is 79.9. The lowest BCUT2D eigenvalue weighted by atomic mass is 9.63. The van der Waals surface area contributed by atoms with E-state index in [0.29, 0.717) is 22.5 Å². The number of rotatable bonds is 1. The minimum Gasteiger partial charge on any atom is -0.274 e. The van der Waals surface area contributed by atoms with Crippen molar-refractivity contribution in [2.24, 2.45) is 35.5 Å². The van der Waals surface area contributed by atoms with E-state index in [9.17, 15) is 9.59 Å². The van der Waals surface area contributed by atoms with Gasteiger partial charge in [0.05, 0.1) is 22.5 Å². The predicted octanol–water partition coefficient (Wildman–Crippen LogP) is 3.97. The lowest BCUT2D eigenvalue weighted by molar-refractivity contribution is -0.124. The monoisotopic (exact) mass is 391 g/mol. The van der Waals surface area contributed by atoms with E-state index in [1.54, 1.807) is 6.07 Å². The molecule has 6 atom stereocenters. The molecule has 2 bridgehead atoms. The van der Waals surface area contributed by atoms with Crippen molar-refractivity contribution in [1.29, 1.82) is 0 Å². The highest BCUT2D eigenvalue weighted by molar-refractivity contribution is 9.10. The van der Waals surface area contributed by atoms with Gasteiger partial charge in [0.2, 0.25) is 11.8 Å². The van der Waals surface area contributed by atoms with Gasteiger partial charge in [-0.3, -0.25) is 9.59 Å². The van der Waals surface area contributed by atoms with Crippen LogP contribution in [0.3, 0.4) is 0 Å². The van der Waals surface area contributed by atoms with Crippen LogP contribution < -0.4 is 4.90 Å². The third kappa shape index (κ3) is 1.66. The predicted molar refractivity (Wildman–Crippen MR) is 91.1 cm³/mol. The molecule has 6 rings (SSSR count). The fraction of sp³-hybridized carbons (Fsp3) is 0.444. The van der Waals surface area contributed by atoms with E-state index in [0.717, 1.165) is 10.0 Å². The molecule has 4 aliphatic carbocycles. The maximum absolute atomic E-state index is 13.1. The van der Waals surface area contributed by atoms with E-state index in [1.165, 1.54) is 11.3 Å². The number of anilines is 1. The van der Waals surface area contributed by atoms with Crippen molar-refractivity contribution in [3.8, 4) is 0 Å². The first kappa shape index (κ1) is 14.2. The fourth-order valence-corrected chi connectivity index (χ4v) is 5.67. The average Bonchev–Trinajstić information content (AvgIpc) is 3.32. The molecule has 3 fully saturated rings. The molecule has 0 aromatic heterocycles. The molecule has 23 heavy (non-hydrogen) atoms. The first-order valence-electron chi connectivity index (χ1n) is 8.01. The molecule has 6 unspecified atom stereocenters. The smallest absolute Gasteiger partial charge is 0.238 e. The molecule has 2 saturated carbocycles. The van der Waals surface area contributed by atoms with E-state index in [2.05, 4.69) is 28.1 Å². The summed E-state index contributed by atoms with van der Waals surface area (Å²) in [6.45, 7) is 1.86. The van der Waals surface area contributed by atoms with Crippen molar-refractivity contribution >= 4 is 45.0 Å². The maximum Gasteiger partial charge on any atom is 0.238 e. The molecule has 1 aromatic rings. The molecule has 5 heteroatoms. The van der Waals surface area contributed by atoms with Crippen molar-refractivity contribution in [2.75, 3.05) is 4.90 Å². The zero-order chi connectivity index (χ0) is 16.0. The number of hydrogen-bond donors (Lipinski definition) is 0. The van der Waals surface area contributed by atoms with E-state index in [1.807, 2.05) is 13.0 Å². The molecule has 1 aromatic carbocycles. The highest BCUT2D eigenvalue weighted by Gasteiger charge is 2.67. The van der Waals surface area contributed by atoms with Gasteiger partial charge in [-0.25, -0.2) is 4.90 Å². The fourth-order valence-electron chi connectivity index (χ4n) is 5.08. The summed E-state index contributed by atoms with van der Waals surface area (Å²) in [6.07, 6.45) is 5.56. The van der Waals surface area contributed by atoms with E-state index in [4.69, 9.17) is 11.6 Å². The molecular formula is C18H15BrClNO2. The summed E-state index contributed by atoms with van der Waals surface area (Å²) < 4.78 is 0.778. The van der Waals surface area contributed by atoms with Crippen LogP contribution in [0.1, 0.15) is 12.0 Å². The summed E-state index contributed by atoms with van der Waals surface area (Å²) in [5.74, 6) is 1.35. The second kappa shape index (κ2) is 4.48. The number of amides is 2. The molecular weight excluding hydrogens is 378 g/mol. The van der Waals surface area contributed by atoms with E-state index >= 15 is 0 Å². The van der Waals surface area contributed by atoms with Crippen molar-refractivity contribution < 1.29 is 9.59 Å². The Morgan fingerprint density at radius 2 is 1.65 bits per heavy atom. The molecule has 3 nitrogen and oxygen atoms in total. The minimum absolute atomic E-state index is 0.0359. The van der Waals surface area contributed by atoms with Crippen molar-refractivity contribution in [1.82, 2.24) is 0 Å². The van der Waals surface area contributed by atoms with Crippen molar-refractivity contribution in [2.45, 2.75) is 13.3 Å². The van der Waals surface area contributed by atoms with Gasteiger partial charge in [0.25, 0.3) is 0 Å². The lowest BCUT2D eigenvalue weighted by Crippen LogP contribution is -2.40. The van der Waals surface area contributed by atoms with Gasteiger partial charge in [0, 0.05) is 4.47 Å². The second-order valence-electron chi connectivity index (χ2n) is 7.17.